The van der Waals surface area contributed by atoms with Gasteiger partial charge in [0.05, 0.1) is 11.6 Å². The van der Waals surface area contributed by atoms with Gasteiger partial charge in [0.15, 0.2) is 0 Å². The van der Waals surface area contributed by atoms with Crippen molar-refractivity contribution < 1.29 is 0 Å². The Bertz CT molecular complexity index is 1030. The first-order valence-corrected chi connectivity index (χ1v) is 9.27. The Labute approximate surface area is 159 Å². The fourth-order valence-corrected chi connectivity index (χ4v) is 3.20. The molecule has 0 atom stereocenters. The van der Waals surface area contributed by atoms with Gasteiger partial charge >= 0.3 is 0 Å². The summed E-state index contributed by atoms with van der Waals surface area (Å²) in [5, 5.41) is 9.57. The van der Waals surface area contributed by atoms with Crippen molar-refractivity contribution in [3.05, 3.63) is 87.6 Å². The van der Waals surface area contributed by atoms with Gasteiger partial charge in [0, 0.05) is 24.7 Å². The zero-order valence-corrected chi connectivity index (χ0v) is 15.8. The molecular weight excluding hydrogens is 334 g/mol. The highest BCUT2D eigenvalue weighted by Gasteiger charge is 2.11. The first-order valence-electron chi connectivity index (χ1n) is 9.27. The monoisotopic (exact) mass is 357 g/mol. The van der Waals surface area contributed by atoms with Crippen molar-refractivity contribution in [1.82, 2.24) is 9.55 Å². The van der Waals surface area contributed by atoms with Gasteiger partial charge in [0.1, 0.15) is 5.82 Å². The fraction of sp³-hybridized carbons (Fsp3) is 0.261. The molecule has 27 heavy (non-hydrogen) atoms. The first-order chi connectivity index (χ1) is 13.1. The van der Waals surface area contributed by atoms with Crippen LogP contribution in [-0.2, 0) is 13.0 Å². The maximum absolute atomic E-state index is 12.8. The molecule has 0 saturated heterocycles. The smallest absolute Gasteiger partial charge is 0.256 e. The van der Waals surface area contributed by atoms with Gasteiger partial charge < -0.3 is 0 Å². The molecule has 3 aromatic rings. The average Bonchev–Trinajstić information content (AvgIpc) is 2.70. The molecule has 2 aromatic carbocycles. The van der Waals surface area contributed by atoms with Gasteiger partial charge in [-0.25, -0.2) is 4.98 Å². The van der Waals surface area contributed by atoms with Crippen LogP contribution in [0.4, 0.5) is 0 Å². The lowest BCUT2D eigenvalue weighted by Crippen LogP contribution is -2.27. The molecule has 3 rings (SSSR count). The van der Waals surface area contributed by atoms with E-state index in [2.05, 4.69) is 18.0 Å². The molecule has 1 heterocycles. The van der Waals surface area contributed by atoms with Gasteiger partial charge in [-0.15, -0.1) is 0 Å². The topological polar surface area (TPSA) is 58.7 Å². The van der Waals surface area contributed by atoms with Gasteiger partial charge in [0.2, 0.25) is 0 Å². The Morgan fingerprint density at radius 2 is 1.93 bits per heavy atom. The zero-order valence-electron chi connectivity index (χ0n) is 15.8. The normalized spacial score (nSPS) is 10.6. The molecule has 0 spiro atoms. The Balaban J connectivity index is 1.93. The summed E-state index contributed by atoms with van der Waals surface area (Å²) in [6.45, 7) is 4.66. The van der Waals surface area contributed by atoms with Gasteiger partial charge in [-0.3, -0.25) is 9.36 Å². The Hall–Kier alpha value is -3.19. The lowest BCUT2D eigenvalue weighted by atomic mass is 9.96. The van der Waals surface area contributed by atoms with Gasteiger partial charge in [-0.2, -0.15) is 5.26 Å². The number of unbranched alkanes of at least 4 members (excludes halogenated alkanes) is 1. The van der Waals surface area contributed by atoms with E-state index >= 15 is 0 Å². The Morgan fingerprint density at radius 3 is 2.63 bits per heavy atom. The number of aromatic nitrogens is 2. The number of rotatable bonds is 6. The molecule has 0 saturated carbocycles. The molecule has 1 aromatic heterocycles. The summed E-state index contributed by atoms with van der Waals surface area (Å²) >= 11 is 0. The third-order valence-corrected chi connectivity index (χ3v) is 4.74. The minimum absolute atomic E-state index is 0.0154. The van der Waals surface area contributed by atoms with Crippen LogP contribution in [0.1, 0.15) is 42.3 Å². The number of nitriles is 1. The lowest BCUT2D eigenvalue weighted by Gasteiger charge is -2.11. The van der Waals surface area contributed by atoms with Crippen molar-refractivity contribution in [2.45, 2.75) is 39.7 Å². The number of hydrogen-bond acceptors (Lipinski definition) is 3. The van der Waals surface area contributed by atoms with E-state index in [1.54, 1.807) is 10.8 Å². The highest BCUT2D eigenvalue weighted by molar-refractivity contribution is 5.70. The molecule has 4 heteroatoms. The van der Waals surface area contributed by atoms with Crippen LogP contribution in [0.3, 0.4) is 0 Å². The van der Waals surface area contributed by atoms with Crippen molar-refractivity contribution in [1.29, 1.82) is 5.26 Å². The van der Waals surface area contributed by atoms with Gasteiger partial charge in [-0.05, 0) is 36.1 Å². The van der Waals surface area contributed by atoms with Gasteiger partial charge in [-0.1, -0.05) is 55.8 Å². The van der Waals surface area contributed by atoms with Crippen LogP contribution in [0.15, 0.2) is 59.5 Å². The van der Waals surface area contributed by atoms with Crippen molar-refractivity contribution in [3.63, 3.8) is 0 Å². The maximum Gasteiger partial charge on any atom is 0.256 e. The predicted molar refractivity (Wildman–Crippen MR) is 108 cm³/mol. The van der Waals surface area contributed by atoms with E-state index in [0.717, 1.165) is 35.4 Å². The minimum Gasteiger partial charge on any atom is -0.297 e. The van der Waals surface area contributed by atoms with E-state index in [0.29, 0.717) is 24.1 Å². The molecule has 0 bridgehead atoms. The summed E-state index contributed by atoms with van der Waals surface area (Å²) in [7, 11) is 0. The number of nitrogens with zero attached hydrogens (tertiary/aromatic N) is 3. The van der Waals surface area contributed by atoms with Crippen molar-refractivity contribution in [2.75, 3.05) is 0 Å². The van der Waals surface area contributed by atoms with Crippen LogP contribution in [0.2, 0.25) is 0 Å². The van der Waals surface area contributed by atoms with Crippen LogP contribution >= 0.6 is 0 Å². The SMILES string of the molecule is CCCCn1c(C)ncc(Cc2ccc(-c3ccccc3)c(C#N)c2)c1=O. The summed E-state index contributed by atoms with van der Waals surface area (Å²) < 4.78 is 1.75. The summed E-state index contributed by atoms with van der Waals surface area (Å²) in [6, 6.07) is 18.0. The molecule has 0 aliphatic heterocycles. The maximum atomic E-state index is 12.8. The second kappa shape index (κ2) is 8.46. The van der Waals surface area contributed by atoms with Crippen molar-refractivity contribution >= 4 is 0 Å². The number of benzene rings is 2. The highest BCUT2D eigenvalue weighted by Crippen LogP contribution is 2.24. The van der Waals surface area contributed by atoms with Crippen LogP contribution in [0.25, 0.3) is 11.1 Å². The summed E-state index contributed by atoms with van der Waals surface area (Å²) in [4.78, 5) is 17.2. The highest BCUT2D eigenvalue weighted by atomic mass is 16.1. The second-order valence-corrected chi connectivity index (χ2v) is 6.68. The molecule has 0 unspecified atom stereocenters. The van der Waals surface area contributed by atoms with E-state index in [4.69, 9.17) is 0 Å². The number of aryl methyl sites for hydroxylation is 1. The van der Waals surface area contributed by atoms with Crippen molar-refractivity contribution in [3.8, 4) is 17.2 Å². The average molecular weight is 357 g/mol. The largest absolute Gasteiger partial charge is 0.297 e. The summed E-state index contributed by atoms with van der Waals surface area (Å²) in [5.74, 6) is 0.745. The third kappa shape index (κ3) is 4.15. The first kappa shape index (κ1) is 18.6. The van der Waals surface area contributed by atoms with Crippen LogP contribution in [0, 0.1) is 18.3 Å². The number of hydrogen-bond donors (Lipinski definition) is 0. The van der Waals surface area contributed by atoms with E-state index in [1.165, 1.54) is 0 Å². The molecule has 0 aliphatic carbocycles. The second-order valence-electron chi connectivity index (χ2n) is 6.68. The predicted octanol–water partition coefficient (Wildman–Crippen LogP) is 4.48. The molecule has 0 amide bonds. The Kier molecular flexibility index (Phi) is 5.83. The molecule has 0 fully saturated rings. The fourth-order valence-electron chi connectivity index (χ4n) is 3.20. The van der Waals surface area contributed by atoms with Crippen molar-refractivity contribution in [2.24, 2.45) is 0 Å². The minimum atomic E-state index is 0.0154. The molecule has 0 radical (unpaired) electrons. The summed E-state index contributed by atoms with van der Waals surface area (Å²) in [6.07, 6.45) is 4.12. The molecule has 0 aliphatic rings. The van der Waals surface area contributed by atoms with E-state index in [1.807, 2.05) is 55.5 Å². The third-order valence-electron chi connectivity index (χ3n) is 4.74. The standard InChI is InChI=1S/C23H23N3O/c1-3-4-12-26-17(2)25-16-21(23(26)27)14-18-10-11-22(20(13-18)15-24)19-8-6-5-7-9-19/h5-11,13,16H,3-4,12,14H2,1-2H3. The molecule has 0 N–H and O–H groups in total. The zero-order chi connectivity index (χ0) is 19.2. The van der Waals surface area contributed by atoms with E-state index in [9.17, 15) is 10.1 Å². The molecule has 4 nitrogen and oxygen atoms in total. The van der Waals surface area contributed by atoms with Crippen LogP contribution < -0.4 is 5.56 Å². The summed E-state index contributed by atoms with van der Waals surface area (Å²) in [5.41, 5.74) is 4.15. The van der Waals surface area contributed by atoms with E-state index < -0.39 is 0 Å². The van der Waals surface area contributed by atoms with Crippen LogP contribution in [0.5, 0.6) is 0 Å². The molecule has 136 valence electrons. The van der Waals surface area contributed by atoms with Crippen LogP contribution in [-0.4, -0.2) is 9.55 Å². The Morgan fingerprint density at radius 1 is 1.15 bits per heavy atom. The van der Waals surface area contributed by atoms with Gasteiger partial charge in [0.25, 0.3) is 5.56 Å². The lowest BCUT2D eigenvalue weighted by molar-refractivity contribution is 0.580. The van der Waals surface area contributed by atoms with E-state index in [-0.39, 0.29) is 5.56 Å². The quantitative estimate of drug-likeness (QED) is 0.653. The molecular formula is C23H23N3O.